The summed E-state index contributed by atoms with van der Waals surface area (Å²) in [5.74, 6) is -1.60. The molecule has 1 aliphatic rings. The van der Waals surface area contributed by atoms with E-state index < -0.39 is 11.9 Å². The maximum atomic E-state index is 11.7. The zero-order chi connectivity index (χ0) is 15.4. The summed E-state index contributed by atoms with van der Waals surface area (Å²) in [7, 11) is 0. The Balaban J connectivity index is 2.10. The highest BCUT2D eigenvalue weighted by atomic mass is 16.5. The van der Waals surface area contributed by atoms with Crippen LogP contribution in [0.25, 0.3) is 0 Å². The predicted molar refractivity (Wildman–Crippen MR) is 78.0 cm³/mol. The van der Waals surface area contributed by atoms with Crippen molar-refractivity contribution in [2.75, 3.05) is 23.4 Å². The summed E-state index contributed by atoms with van der Waals surface area (Å²) in [5, 5.41) is 2.48. The number of rotatable bonds is 3. The molecule has 1 N–H and O–H groups in total. The average Bonchev–Trinajstić information content (AvgIpc) is 2.85. The maximum Gasteiger partial charge on any atom is 0.397 e. The zero-order valence-electron chi connectivity index (χ0n) is 12.1. The summed E-state index contributed by atoms with van der Waals surface area (Å²) < 4.78 is 4.62. The number of esters is 1. The fourth-order valence-electron chi connectivity index (χ4n) is 2.32. The molecule has 0 unspecified atom stereocenters. The lowest BCUT2D eigenvalue weighted by Gasteiger charge is -2.19. The Morgan fingerprint density at radius 3 is 2.71 bits per heavy atom. The van der Waals surface area contributed by atoms with Crippen LogP contribution in [-0.4, -0.2) is 30.9 Å². The molecule has 0 saturated carbocycles. The number of anilines is 2. The molecular formula is C15H18N2O4. The lowest BCUT2D eigenvalue weighted by molar-refractivity contribution is -0.152. The Bertz CT molecular complexity index is 583. The second-order valence-corrected chi connectivity index (χ2v) is 4.82. The van der Waals surface area contributed by atoms with Gasteiger partial charge in [-0.1, -0.05) is 0 Å². The van der Waals surface area contributed by atoms with Gasteiger partial charge in [0.25, 0.3) is 0 Å². The Morgan fingerprint density at radius 2 is 2.14 bits per heavy atom. The topological polar surface area (TPSA) is 75.7 Å². The Kier molecular flexibility index (Phi) is 4.57. The number of nitrogens with zero attached hydrogens (tertiary/aromatic N) is 1. The van der Waals surface area contributed by atoms with Gasteiger partial charge in [-0.2, -0.15) is 0 Å². The van der Waals surface area contributed by atoms with Crippen LogP contribution in [-0.2, 0) is 19.1 Å². The van der Waals surface area contributed by atoms with E-state index in [1.54, 1.807) is 30.0 Å². The van der Waals surface area contributed by atoms with Gasteiger partial charge in [-0.3, -0.25) is 9.59 Å². The molecular weight excluding hydrogens is 272 g/mol. The number of hydrogen-bond acceptors (Lipinski definition) is 4. The largest absolute Gasteiger partial charge is 0.459 e. The van der Waals surface area contributed by atoms with Crippen LogP contribution in [0.5, 0.6) is 0 Å². The fraction of sp³-hybridized carbons (Fsp3) is 0.400. The van der Waals surface area contributed by atoms with Gasteiger partial charge < -0.3 is 15.0 Å². The number of amides is 2. The minimum Gasteiger partial charge on any atom is -0.459 e. The van der Waals surface area contributed by atoms with Gasteiger partial charge in [-0.05, 0) is 44.0 Å². The zero-order valence-corrected chi connectivity index (χ0v) is 12.1. The van der Waals surface area contributed by atoms with Crippen molar-refractivity contribution < 1.29 is 19.1 Å². The summed E-state index contributed by atoms with van der Waals surface area (Å²) in [6, 6.07) is 5.18. The minimum absolute atomic E-state index is 0.112. The Hall–Kier alpha value is -2.37. The number of carbonyl (C=O) groups excluding carboxylic acids is 3. The van der Waals surface area contributed by atoms with Gasteiger partial charge in [-0.25, -0.2) is 4.79 Å². The lowest BCUT2D eigenvalue weighted by Crippen LogP contribution is -2.26. The molecule has 1 aromatic carbocycles. The molecule has 0 radical (unpaired) electrons. The summed E-state index contributed by atoms with van der Waals surface area (Å²) in [5.41, 5.74) is 2.21. The highest BCUT2D eigenvalue weighted by Gasteiger charge is 2.23. The van der Waals surface area contributed by atoms with E-state index in [2.05, 4.69) is 10.1 Å². The molecule has 1 heterocycles. The summed E-state index contributed by atoms with van der Waals surface area (Å²) in [6.07, 6.45) is 1.43. The molecule has 0 aliphatic carbocycles. The average molecular weight is 290 g/mol. The summed E-state index contributed by atoms with van der Waals surface area (Å²) >= 11 is 0. The van der Waals surface area contributed by atoms with Crippen molar-refractivity contribution in [2.24, 2.45) is 0 Å². The molecule has 6 nitrogen and oxygen atoms in total. The molecule has 2 rings (SSSR count). The standard InChI is InChI=1S/C15H18N2O4/c1-3-21-15(20)14(19)16-11-6-7-12(10(2)9-11)17-8-4-5-13(17)18/h6-7,9H,3-5,8H2,1-2H3,(H,16,19). The van der Waals surface area contributed by atoms with Crippen LogP contribution in [0.1, 0.15) is 25.3 Å². The van der Waals surface area contributed by atoms with Gasteiger partial charge in [0, 0.05) is 24.3 Å². The Labute approximate surface area is 123 Å². The first-order valence-corrected chi connectivity index (χ1v) is 6.92. The summed E-state index contributed by atoms with van der Waals surface area (Å²) in [6.45, 7) is 4.37. The SMILES string of the molecule is CCOC(=O)C(=O)Nc1ccc(N2CCCC2=O)c(C)c1. The molecule has 0 atom stereocenters. The third-order valence-electron chi connectivity index (χ3n) is 3.28. The number of benzene rings is 1. The molecule has 2 amide bonds. The molecule has 1 aromatic rings. The smallest absolute Gasteiger partial charge is 0.397 e. The fourth-order valence-corrected chi connectivity index (χ4v) is 2.32. The molecule has 0 spiro atoms. The van der Waals surface area contributed by atoms with Gasteiger partial charge >= 0.3 is 11.9 Å². The van der Waals surface area contributed by atoms with Gasteiger partial charge in [0.05, 0.1) is 6.61 Å². The van der Waals surface area contributed by atoms with Crippen molar-refractivity contribution in [1.82, 2.24) is 0 Å². The molecule has 6 heteroatoms. The van der Waals surface area contributed by atoms with Gasteiger partial charge in [0.2, 0.25) is 5.91 Å². The normalized spacial score (nSPS) is 14.2. The molecule has 1 saturated heterocycles. The molecule has 0 aromatic heterocycles. The lowest BCUT2D eigenvalue weighted by atomic mass is 10.1. The molecule has 112 valence electrons. The highest BCUT2D eigenvalue weighted by Crippen LogP contribution is 2.27. The van der Waals surface area contributed by atoms with Crippen LogP contribution in [0.4, 0.5) is 11.4 Å². The Morgan fingerprint density at radius 1 is 1.38 bits per heavy atom. The van der Waals surface area contributed by atoms with E-state index in [-0.39, 0.29) is 12.5 Å². The number of nitrogens with one attached hydrogen (secondary N) is 1. The highest BCUT2D eigenvalue weighted by molar-refractivity contribution is 6.37. The molecule has 21 heavy (non-hydrogen) atoms. The van der Waals surface area contributed by atoms with Crippen LogP contribution in [0.3, 0.4) is 0 Å². The first-order valence-electron chi connectivity index (χ1n) is 6.92. The van der Waals surface area contributed by atoms with E-state index in [1.165, 1.54) is 0 Å². The van der Waals surface area contributed by atoms with Crippen LogP contribution in [0, 0.1) is 6.92 Å². The predicted octanol–water partition coefficient (Wildman–Crippen LogP) is 1.62. The first-order chi connectivity index (χ1) is 10.0. The van der Waals surface area contributed by atoms with Crippen molar-refractivity contribution in [1.29, 1.82) is 0 Å². The van der Waals surface area contributed by atoms with Crippen molar-refractivity contribution in [3.05, 3.63) is 23.8 Å². The summed E-state index contributed by atoms with van der Waals surface area (Å²) in [4.78, 5) is 36.3. The van der Waals surface area contributed by atoms with Crippen LogP contribution >= 0.6 is 0 Å². The van der Waals surface area contributed by atoms with E-state index in [4.69, 9.17) is 0 Å². The van der Waals surface area contributed by atoms with Gasteiger partial charge in [0.1, 0.15) is 0 Å². The van der Waals surface area contributed by atoms with Crippen LogP contribution < -0.4 is 10.2 Å². The first kappa shape index (κ1) is 15.0. The van der Waals surface area contributed by atoms with E-state index >= 15 is 0 Å². The monoisotopic (exact) mass is 290 g/mol. The van der Waals surface area contributed by atoms with Crippen LogP contribution in [0.2, 0.25) is 0 Å². The van der Waals surface area contributed by atoms with Crippen molar-refractivity contribution in [3.8, 4) is 0 Å². The number of ether oxygens (including phenoxy) is 1. The van der Waals surface area contributed by atoms with E-state index in [1.807, 2.05) is 6.92 Å². The molecule has 0 bridgehead atoms. The second-order valence-electron chi connectivity index (χ2n) is 4.82. The third kappa shape index (κ3) is 3.39. The molecule has 1 fully saturated rings. The van der Waals surface area contributed by atoms with E-state index in [0.717, 1.165) is 17.7 Å². The number of aryl methyl sites for hydroxylation is 1. The van der Waals surface area contributed by atoms with E-state index in [9.17, 15) is 14.4 Å². The molecule has 1 aliphatic heterocycles. The van der Waals surface area contributed by atoms with Crippen molar-refractivity contribution in [2.45, 2.75) is 26.7 Å². The number of carbonyl (C=O) groups is 3. The van der Waals surface area contributed by atoms with Crippen molar-refractivity contribution >= 4 is 29.2 Å². The third-order valence-corrected chi connectivity index (χ3v) is 3.28. The van der Waals surface area contributed by atoms with Gasteiger partial charge in [0.15, 0.2) is 0 Å². The van der Waals surface area contributed by atoms with E-state index in [0.29, 0.717) is 18.7 Å². The van der Waals surface area contributed by atoms with Crippen molar-refractivity contribution in [3.63, 3.8) is 0 Å². The quantitative estimate of drug-likeness (QED) is 0.678. The minimum atomic E-state index is -0.908. The van der Waals surface area contributed by atoms with Crippen LogP contribution in [0.15, 0.2) is 18.2 Å². The van der Waals surface area contributed by atoms with Gasteiger partial charge in [-0.15, -0.1) is 0 Å². The second kappa shape index (κ2) is 6.39. The maximum absolute atomic E-state index is 11.7. The number of hydrogen-bond donors (Lipinski definition) is 1.